The van der Waals surface area contributed by atoms with Gasteiger partial charge >= 0.3 is 0 Å². The van der Waals surface area contributed by atoms with E-state index >= 15 is 0 Å². The molecule has 0 saturated heterocycles. The van der Waals surface area contributed by atoms with Crippen LogP contribution < -0.4 is 16.4 Å². The largest absolute Gasteiger partial charge is 0.381 e. The minimum Gasteiger partial charge on any atom is -0.381 e. The lowest BCUT2D eigenvalue weighted by molar-refractivity contribution is 0.0681. The van der Waals surface area contributed by atoms with Crippen molar-refractivity contribution in [3.63, 3.8) is 0 Å². The van der Waals surface area contributed by atoms with Crippen molar-refractivity contribution in [1.29, 1.82) is 0 Å². The highest BCUT2D eigenvalue weighted by molar-refractivity contribution is 5.97. The van der Waals surface area contributed by atoms with Crippen LogP contribution in [-0.2, 0) is 4.74 Å². The van der Waals surface area contributed by atoms with Crippen LogP contribution in [0, 0.1) is 0 Å². The molecular weight excluding hydrogens is 330 g/mol. The Morgan fingerprint density at radius 2 is 1.92 bits per heavy atom. The van der Waals surface area contributed by atoms with E-state index < -0.39 is 5.91 Å². The molecule has 2 saturated carbocycles. The van der Waals surface area contributed by atoms with Crippen molar-refractivity contribution < 1.29 is 9.53 Å². The van der Waals surface area contributed by atoms with Crippen LogP contribution in [0.25, 0.3) is 0 Å². The molecule has 3 rings (SSSR count). The molecule has 2 aliphatic carbocycles. The fourth-order valence-electron chi connectivity index (χ4n) is 4.10. The number of nitrogens with one attached hydrogen (secondary N) is 2. The Morgan fingerprint density at radius 1 is 1.23 bits per heavy atom. The molecule has 1 aromatic heterocycles. The zero-order valence-corrected chi connectivity index (χ0v) is 15.9. The van der Waals surface area contributed by atoms with Crippen molar-refractivity contribution in [1.82, 2.24) is 9.97 Å². The van der Waals surface area contributed by atoms with Gasteiger partial charge in [0.05, 0.1) is 11.7 Å². The molecule has 0 spiro atoms. The SMILES string of the molecule is COC1CCC(Nc2ncc(C(N)=O)c(NC3(C)CCCCC3)n2)CC1. The second-order valence-electron chi connectivity index (χ2n) is 7.92. The first-order valence-corrected chi connectivity index (χ1v) is 9.73. The summed E-state index contributed by atoms with van der Waals surface area (Å²) in [6.07, 6.45) is 11.8. The van der Waals surface area contributed by atoms with Crippen LogP contribution in [0.1, 0.15) is 75.1 Å². The minimum atomic E-state index is -0.501. The molecule has 7 heteroatoms. The molecule has 0 atom stereocenters. The van der Waals surface area contributed by atoms with Crippen molar-refractivity contribution in [3.05, 3.63) is 11.8 Å². The third-order valence-electron chi connectivity index (χ3n) is 5.77. The summed E-state index contributed by atoms with van der Waals surface area (Å²) < 4.78 is 5.43. The van der Waals surface area contributed by atoms with E-state index in [9.17, 15) is 4.79 Å². The molecule has 4 N–H and O–H groups in total. The predicted octanol–water partition coefficient (Wildman–Crippen LogP) is 3.08. The van der Waals surface area contributed by atoms with Crippen LogP contribution in [0.15, 0.2) is 6.20 Å². The maximum atomic E-state index is 11.8. The van der Waals surface area contributed by atoms with E-state index in [2.05, 4.69) is 27.5 Å². The van der Waals surface area contributed by atoms with E-state index in [1.807, 2.05) is 0 Å². The highest BCUT2D eigenvalue weighted by atomic mass is 16.5. The molecule has 0 aliphatic heterocycles. The monoisotopic (exact) mass is 361 g/mol. The number of methoxy groups -OCH3 is 1. The molecule has 0 aromatic carbocycles. The van der Waals surface area contributed by atoms with E-state index in [0.29, 0.717) is 29.5 Å². The second kappa shape index (κ2) is 8.20. The summed E-state index contributed by atoms with van der Waals surface area (Å²) in [6.45, 7) is 2.19. The van der Waals surface area contributed by atoms with Gasteiger partial charge in [0, 0.05) is 24.9 Å². The van der Waals surface area contributed by atoms with Gasteiger partial charge in [-0.1, -0.05) is 19.3 Å². The van der Waals surface area contributed by atoms with Gasteiger partial charge in [-0.2, -0.15) is 4.98 Å². The van der Waals surface area contributed by atoms with Gasteiger partial charge in [0.2, 0.25) is 5.95 Å². The Kier molecular flexibility index (Phi) is 5.96. The molecule has 2 aliphatic rings. The maximum absolute atomic E-state index is 11.8. The van der Waals surface area contributed by atoms with Crippen LogP contribution >= 0.6 is 0 Å². The molecule has 1 aromatic rings. The normalized spacial score (nSPS) is 25.5. The number of hydrogen-bond donors (Lipinski definition) is 3. The van der Waals surface area contributed by atoms with Gasteiger partial charge in [0.25, 0.3) is 5.91 Å². The number of anilines is 2. The molecular formula is C19H31N5O2. The van der Waals surface area contributed by atoms with Crippen LogP contribution in [0.3, 0.4) is 0 Å². The third-order valence-corrected chi connectivity index (χ3v) is 5.77. The number of ether oxygens (including phenoxy) is 1. The fourth-order valence-corrected chi connectivity index (χ4v) is 4.10. The molecule has 0 radical (unpaired) electrons. The summed E-state index contributed by atoms with van der Waals surface area (Å²) in [5, 5.41) is 6.90. The maximum Gasteiger partial charge on any atom is 0.254 e. The summed E-state index contributed by atoms with van der Waals surface area (Å²) in [5.41, 5.74) is 5.84. The van der Waals surface area contributed by atoms with Crippen molar-refractivity contribution >= 4 is 17.7 Å². The number of aromatic nitrogens is 2. The fraction of sp³-hybridized carbons (Fsp3) is 0.737. The average Bonchev–Trinajstić information content (AvgIpc) is 2.62. The Balaban J connectivity index is 1.72. The summed E-state index contributed by atoms with van der Waals surface area (Å²) >= 11 is 0. The third kappa shape index (κ3) is 4.63. The highest BCUT2D eigenvalue weighted by Crippen LogP contribution is 2.32. The topological polar surface area (TPSA) is 102 Å². The second-order valence-corrected chi connectivity index (χ2v) is 7.92. The quantitative estimate of drug-likeness (QED) is 0.719. The van der Waals surface area contributed by atoms with Crippen molar-refractivity contribution in [2.24, 2.45) is 5.73 Å². The summed E-state index contributed by atoms with van der Waals surface area (Å²) in [4.78, 5) is 20.7. The number of amides is 1. The van der Waals surface area contributed by atoms with Crippen molar-refractivity contribution in [2.75, 3.05) is 17.7 Å². The highest BCUT2D eigenvalue weighted by Gasteiger charge is 2.29. The molecule has 2 fully saturated rings. The Bertz CT molecular complexity index is 622. The Labute approximate surface area is 155 Å². The minimum absolute atomic E-state index is 0.0510. The first-order chi connectivity index (χ1) is 12.5. The lowest BCUT2D eigenvalue weighted by Gasteiger charge is -2.35. The molecule has 0 unspecified atom stereocenters. The van der Waals surface area contributed by atoms with Gasteiger partial charge in [0.1, 0.15) is 5.82 Å². The number of hydrogen-bond acceptors (Lipinski definition) is 6. The summed E-state index contributed by atoms with van der Waals surface area (Å²) in [6, 6.07) is 0.332. The predicted molar refractivity (Wildman–Crippen MR) is 102 cm³/mol. The van der Waals surface area contributed by atoms with Crippen molar-refractivity contribution in [2.45, 2.75) is 82.4 Å². The lowest BCUT2D eigenvalue weighted by Crippen LogP contribution is -2.38. The van der Waals surface area contributed by atoms with Crippen LogP contribution in [0.2, 0.25) is 0 Å². The Hall–Kier alpha value is -1.89. The van der Waals surface area contributed by atoms with Gasteiger partial charge < -0.3 is 21.1 Å². The number of rotatable bonds is 6. The average molecular weight is 361 g/mol. The van der Waals surface area contributed by atoms with Crippen LogP contribution in [-0.4, -0.2) is 40.7 Å². The molecule has 1 amide bonds. The number of nitrogens with two attached hydrogens (primary N) is 1. The standard InChI is InChI=1S/C19H31N5O2/c1-19(10-4-3-5-11-19)24-17-15(16(20)25)12-21-18(23-17)22-13-6-8-14(26-2)9-7-13/h12-14H,3-11H2,1-2H3,(H2,20,25)(H2,21,22,23,24). The Morgan fingerprint density at radius 3 is 2.54 bits per heavy atom. The lowest BCUT2D eigenvalue weighted by atomic mass is 9.83. The molecule has 144 valence electrons. The molecule has 1 heterocycles. The summed E-state index contributed by atoms with van der Waals surface area (Å²) in [5.74, 6) is 0.599. The summed E-state index contributed by atoms with van der Waals surface area (Å²) in [7, 11) is 1.77. The van der Waals surface area contributed by atoms with Gasteiger partial charge in [-0.3, -0.25) is 4.79 Å². The van der Waals surface area contributed by atoms with E-state index in [-0.39, 0.29) is 5.54 Å². The van der Waals surface area contributed by atoms with Gasteiger partial charge in [-0.05, 0) is 45.4 Å². The number of carbonyl (C=O) groups is 1. The first kappa shape index (κ1) is 18.9. The molecule has 0 bridgehead atoms. The van der Waals surface area contributed by atoms with E-state index in [1.165, 1.54) is 25.5 Å². The number of nitrogens with zero attached hydrogens (tertiary/aromatic N) is 2. The zero-order chi connectivity index (χ0) is 18.6. The van der Waals surface area contributed by atoms with Crippen molar-refractivity contribution in [3.8, 4) is 0 Å². The van der Waals surface area contributed by atoms with Crippen LogP contribution in [0.5, 0.6) is 0 Å². The molecule has 26 heavy (non-hydrogen) atoms. The molecule has 7 nitrogen and oxygen atoms in total. The van der Waals surface area contributed by atoms with E-state index in [4.69, 9.17) is 10.5 Å². The number of primary amides is 1. The van der Waals surface area contributed by atoms with Gasteiger partial charge in [-0.25, -0.2) is 4.98 Å². The van der Waals surface area contributed by atoms with Gasteiger partial charge in [-0.15, -0.1) is 0 Å². The van der Waals surface area contributed by atoms with Gasteiger partial charge in [0.15, 0.2) is 0 Å². The smallest absolute Gasteiger partial charge is 0.254 e. The number of carbonyl (C=O) groups excluding carboxylic acids is 1. The zero-order valence-electron chi connectivity index (χ0n) is 15.9. The van der Waals surface area contributed by atoms with E-state index in [1.54, 1.807) is 7.11 Å². The van der Waals surface area contributed by atoms with E-state index in [0.717, 1.165) is 38.5 Å². The first-order valence-electron chi connectivity index (χ1n) is 9.73. The van der Waals surface area contributed by atoms with Crippen LogP contribution in [0.4, 0.5) is 11.8 Å².